The van der Waals surface area contributed by atoms with Crippen LogP contribution in [0.25, 0.3) is 0 Å². The van der Waals surface area contributed by atoms with Gasteiger partial charge >= 0.3 is 11.9 Å². The number of hydrogen-bond donors (Lipinski definition) is 1. The number of carbonyl (C=O) groups is 2. The van der Waals surface area contributed by atoms with E-state index in [0.717, 1.165) is 51.4 Å². The summed E-state index contributed by atoms with van der Waals surface area (Å²) in [6.07, 6.45) is 68.6. The molecule has 0 aromatic carbocycles. The number of hydrogen-bond acceptors (Lipinski definition) is 5. The van der Waals surface area contributed by atoms with E-state index in [9.17, 15) is 14.7 Å². The van der Waals surface area contributed by atoms with Gasteiger partial charge in [0, 0.05) is 12.8 Å². The lowest BCUT2D eigenvalue weighted by Crippen LogP contribution is -2.28. The fourth-order valence-electron chi connectivity index (χ4n) is 8.22. The lowest BCUT2D eigenvalue weighted by atomic mass is 10.0. The van der Waals surface area contributed by atoms with Crippen LogP contribution in [-0.2, 0) is 19.1 Å². The second kappa shape index (κ2) is 53.5. The fourth-order valence-corrected chi connectivity index (χ4v) is 8.22. The molecule has 1 unspecified atom stereocenters. The van der Waals surface area contributed by atoms with Crippen LogP contribution >= 0.6 is 0 Å². The Balaban J connectivity index is 3.36. The van der Waals surface area contributed by atoms with Crippen molar-refractivity contribution in [1.82, 2.24) is 0 Å². The molecule has 1 N–H and O–H groups in total. The third-order valence-corrected chi connectivity index (χ3v) is 12.4. The number of aliphatic hydroxyl groups is 1. The summed E-state index contributed by atoms with van der Waals surface area (Å²) < 4.78 is 10.6. The Kier molecular flexibility index (Phi) is 51.8. The van der Waals surface area contributed by atoms with Crippen molar-refractivity contribution in [3.8, 4) is 0 Å². The van der Waals surface area contributed by atoms with Crippen LogP contribution in [0.15, 0.2) is 36.5 Å². The molecular weight excluding hydrogens is 765 g/mol. The van der Waals surface area contributed by atoms with Gasteiger partial charge in [-0.3, -0.25) is 9.59 Å². The van der Waals surface area contributed by atoms with Crippen LogP contribution in [0, 0.1) is 0 Å². The van der Waals surface area contributed by atoms with Crippen LogP contribution in [0.1, 0.15) is 296 Å². The number of ether oxygens (including phenoxy) is 2. The van der Waals surface area contributed by atoms with E-state index in [1.165, 1.54) is 218 Å². The van der Waals surface area contributed by atoms with Crippen molar-refractivity contribution in [2.75, 3.05) is 13.2 Å². The molecule has 0 saturated carbocycles. The van der Waals surface area contributed by atoms with Gasteiger partial charge in [0.15, 0.2) is 6.10 Å². The van der Waals surface area contributed by atoms with Gasteiger partial charge < -0.3 is 14.6 Å². The molecule has 5 nitrogen and oxygen atoms in total. The number of unbranched alkanes of at least 4 members (excludes halogenated alkanes) is 37. The van der Waals surface area contributed by atoms with Crippen molar-refractivity contribution in [3.63, 3.8) is 0 Å². The number of allylic oxidation sites excluding steroid dienone is 6. The Morgan fingerprint density at radius 3 is 1.02 bits per heavy atom. The molecule has 62 heavy (non-hydrogen) atoms. The molecule has 0 saturated heterocycles. The maximum absolute atomic E-state index is 12.2. The van der Waals surface area contributed by atoms with E-state index in [0.29, 0.717) is 12.8 Å². The Labute approximate surface area is 386 Å². The largest absolute Gasteiger partial charge is 0.462 e. The topological polar surface area (TPSA) is 72.8 Å². The molecule has 0 aliphatic carbocycles. The molecule has 0 heterocycles. The number of rotatable bonds is 51. The van der Waals surface area contributed by atoms with Crippen molar-refractivity contribution in [1.29, 1.82) is 0 Å². The van der Waals surface area contributed by atoms with Gasteiger partial charge in [0.25, 0.3) is 0 Å². The summed E-state index contributed by atoms with van der Waals surface area (Å²) >= 11 is 0. The minimum atomic E-state index is -0.771. The van der Waals surface area contributed by atoms with Crippen LogP contribution in [0.4, 0.5) is 0 Å². The highest BCUT2D eigenvalue weighted by atomic mass is 16.6. The smallest absolute Gasteiger partial charge is 0.306 e. The Bertz CT molecular complexity index is 986. The molecule has 0 aromatic rings. The minimum absolute atomic E-state index is 0.0661. The standard InChI is InChI=1S/C57H106O5/c1-3-5-7-9-11-13-15-16-17-18-19-20-21-22-23-24-25-26-27-28-29-30-31-32-33-34-35-36-37-38-39-40-42-44-46-48-50-52-57(60)62-55(53-58)54-61-56(59)51-49-47-45-43-41-14-12-10-8-6-4-2/h10,12,15-16,18-19,55,58H,3-9,11,13-14,17,20-54H2,1-2H3/b12-10-,16-15-,19-18-. The van der Waals surface area contributed by atoms with Crippen molar-refractivity contribution in [2.24, 2.45) is 0 Å². The first-order chi connectivity index (χ1) is 30.6. The van der Waals surface area contributed by atoms with E-state index in [1.807, 2.05) is 0 Å². The Hall–Kier alpha value is -1.88. The monoisotopic (exact) mass is 871 g/mol. The molecule has 0 fully saturated rings. The van der Waals surface area contributed by atoms with E-state index < -0.39 is 6.10 Å². The summed E-state index contributed by atoms with van der Waals surface area (Å²) in [4.78, 5) is 24.3. The molecule has 5 heteroatoms. The first-order valence-electron chi connectivity index (χ1n) is 27.5. The zero-order valence-electron chi connectivity index (χ0n) is 41.6. The van der Waals surface area contributed by atoms with Gasteiger partial charge in [0.1, 0.15) is 6.61 Å². The molecule has 0 spiro atoms. The van der Waals surface area contributed by atoms with Crippen LogP contribution in [0.5, 0.6) is 0 Å². The maximum Gasteiger partial charge on any atom is 0.306 e. The average Bonchev–Trinajstić information content (AvgIpc) is 3.28. The Morgan fingerprint density at radius 2 is 0.661 bits per heavy atom. The average molecular weight is 871 g/mol. The van der Waals surface area contributed by atoms with Crippen molar-refractivity contribution >= 4 is 11.9 Å². The number of carbonyl (C=O) groups excluding carboxylic acids is 2. The lowest BCUT2D eigenvalue weighted by Gasteiger charge is -2.15. The first kappa shape index (κ1) is 60.1. The molecule has 0 amide bonds. The third-order valence-electron chi connectivity index (χ3n) is 12.4. The van der Waals surface area contributed by atoms with Crippen molar-refractivity contribution in [3.05, 3.63) is 36.5 Å². The third kappa shape index (κ3) is 50.8. The second-order valence-electron chi connectivity index (χ2n) is 18.7. The van der Waals surface area contributed by atoms with Gasteiger partial charge in [-0.1, -0.05) is 256 Å². The Morgan fingerprint density at radius 1 is 0.371 bits per heavy atom. The number of esters is 2. The highest BCUT2D eigenvalue weighted by Gasteiger charge is 2.16. The number of aliphatic hydroxyl groups excluding tert-OH is 1. The van der Waals surface area contributed by atoms with Crippen LogP contribution < -0.4 is 0 Å². The molecular formula is C57H106O5. The zero-order chi connectivity index (χ0) is 44.9. The molecule has 364 valence electrons. The summed E-state index contributed by atoms with van der Waals surface area (Å²) in [6.45, 7) is 4.11. The SMILES string of the molecule is CCCC/C=C\CCCCCCCC(=O)OCC(CO)OC(=O)CCCCCCCCCCCCCCCCCCCCCCCCCCC/C=C\C/C=C\CCCCCCC. The van der Waals surface area contributed by atoms with Crippen molar-refractivity contribution < 1.29 is 24.2 Å². The zero-order valence-corrected chi connectivity index (χ0v) is 41.6. The summed E-state index contributed by atoms with van der Waals surface area (Å²) in [7, 11) is 0. The normalized spacial score (nSPS) is 12.4. The van der Waals surface area contributed by atoms with E-state index in [2.05, 4.69) is 50.3 Å². The van der Waals surface area contributed by atoms with Gasteiger partial charge in [0.2, 0.25) is 0 Å². The predicted octanol–water partition coefficient (Wildman–Crippen LogP) is 18.3. The quantitative estimate of drug-likeness (QED) is 0.0374. The molecule has 0 radical (unpaired) electrons. The van der Waals surface area contributed by atoms with Crippen LogP contribution in [-0.4, -0.2) is 36.4 Å². The van der Waals surface area contributed by atoms with E-state index in [-0.39, 0.29) is 25.2 Å². The first-order valence-corrected chi connectivity index (χ1v) is 27.5. The summed E-state index contributed by atoms with van der Waals surface area (Å²) in [5, 5.41) is 9.59. The summed E-state index contributed by atoms with van der Waals surface area (Å²) in [5.41, 5.74) is 0. The van der Waals surface area contributed by atoms with E-state index in [4.69, 9.17) is 9.47 Å². The van der Waals surface area contributed by atoms with Gasteiger partial charge in [0.05, 0.1) is 6.61 Å². The highest BCUT2D eigenvalue weighted by molar-refractivity contribution is 5.70. The van der Waals surface area contributed by atoms with Crippen LogP contribution in [0.3, 0.4) is 0 Å². The molecule has 1 atom stereocenters. The fraction of sp³-hybridized carbons (Fsp3) is 0.860. The van der Waals surface area contributed by atoms with E-state index in [1.54, 1.807) is 0 Å². The maximum atomic E-state index is 12.2. The van der Waals surface area contributed by atoms with Gasteiger partial charge in [-0.2, -0.15) is 0 Å². The van der Waals surface area contributed by atoms with Gasteiger partial charge in [-0.25, -0.2) is 0 Å². The molecule has 0 aromatic heterocycles. The molecule has 0 aliphatic rings. The molecule has 0 aliphatic heterocycles. The second-order valence-corrected chi connectivity index (χ2v) is 18.7. The van der Waals surface area contributed by atoms with Crippen molar-refractivity contribution in [2.45, 2.75) is 302 Å². The van der Waals surface area contributed by atoms with E-state index >= 15 is 0 Å². The van der Waals surface area contributed by atoms with Crippen LogP contribution in [0.2, 0.25) is 0 Å². The van der Waals surface area contributed by atoms with Gasteiger partial charge in [-0.05, 0) is 64.2 Å². The lowest BCUT2D eigenvalue weighted by molar-refractivity contribution is -0.161. The molecule has 0 bridgehead atoms. The molecule has 0 rings (SSSR count). The predicted molar refractivity (Wildman–Crippen MR) is 270 cm³/mol. The minimum Gasteiger partial charge on any atom is -0.462 e. The van der Waals surface area contributed by atoms with Gasteiger partial charge in [-0.15, -0.1) is 0 Å². The summed E-state index contributed by atoms with van der Waals surface area (Å²) in [6, 6.07) is 0. The summed E-state index contributed by atoms with van der Waals surface area (Å²) in [5.74, 6) is -0.590. The highest BCUT2D eigenvalue weighted by Crippen LogP contribution is 2.17.